The van der Waals surface area contributed by atoms with Crippen molar-refractivity contribution < 1.29 is 27.1 Å². The number of hydrogen-bond acceptors (Lipinski definition) is 5. The van der Waals surface area contributed by atoms with E-state index in [0.29, 0.717) is 10.0 Å². The maximum atomic E-state index is 14.8. The lowest BCUT2D eigenvalue weighted by atomic mass is 9.84. The molecule has 0 bridgehead atoms. The number of carbonyl (C=O) groups is 1. The van der Waals surface area contributed by atoms with Gasteiger partial charge in [0.1, 0.15) is 11.5 Å². The summed E-state index contributed by atoms with van der Waals surface area (Å²) in [6.45, 7) is 1.30. The Bertz CT molecular complexity index is 1010. The van der Waals surface area contributed by atoms with Gasteiger partial charge >= 0.3 is 6.18 Å². The van der Waals surface area contributed by atoms with Crippen molar-refractivity contribution in [2.75, 3.05) is 0 Å². The molecule has 0 fully saturated rings. The number of nitrogens with two attached hydrogens (primary N) is 1. The van der Waals surface area contributed by atoms with E-state index in [2.05, 4.69) is 30.6 Å². The van der Waals surface area contributed by atoms with Crippen molar-refractivity contribution in [1.29, 1.82) is 0 Å². The molecule has 3 rings (SSSR count). The van der Waals surface area contributed by atoms with E-state index < -0.39 is 36.1 Å². The fourth-order valence-corrected chi connectivity index (χ4v) is 3.65. The van der Waals surface area contributed by atoms with Crippen LogP contribution in [0.3, 0.4) is 0 Å². The van der Waals surface area contributed by atoms with E-state index in [1.165, 1.54) is 31.3 Å². The maximum Gasteiger partial charge on any atom is 0.425 e. The van der Waals surface area contributed by atoms with Crippen LogP contribution in [0.2, 0.25) is 5.02 Å². The molecule has 0 aliphatic carbocycles. The van der Waals surface area contributed by atoms with Gasteiger partial charge in [0.05, 0.1) is 10.6 Å². The van der Waals surface area contributed by atoms with Gasteiger partial charge in [-0.1, -0.05) is 11.6 Å². The zero-order valence-electron chi connectivity index (χ0n) is 15.4. The molecule has 30 heavy (non-hydrogen) atoms. The van der Waals surface area contributed by atoms with Crippen molar-refractivity contribution in [3.63, 3.8) is 0 Å². The summed E-state index contributed by atoms with van der Waals surface area (Å²) in [6.07, 6.45) is -6.40. The average molecular weight is 509 g/mol. The van der Waals surface area contributed by atoms with Gasteiger partial charge in [-0.3, -0.25) is 9.78 Å². The zero-order valence-corrected chi connectivity index (χ0v) is 17.8. The van der Waals surface area contributed by atoms with Gasteiger partial charge in [0.15, 0.2) is 11.9 Å². The molecule has 2 N–H and O–H groups in total. The van der Waals surface area contributed by atoms with Crippen molar-refractivity contribution in [1.82, 2.24) is 4.98 Å². The Labute approximate surface area is 182 Å². The number of rotatable bonds is 4. The van der Waals surface area contributed by atoms with Crippen LogP contribution < -0.4 is 5.73 Å². The highest BCUT2D eigenvalue weighted by Crippen LogP contribution is 2.42. The number of nitrogens with zero attached hydrogens (tertiary/aromatic N) is 2. The van der Waals surface area contributed by atoms with Crippen LogP contribution in [0.5, 0.6) is 0 Å². The zero-order chi connectivity index (χ0) is 22.3. The topological polar surface area (TPSA) is 77.6 Å². The van der Waals surface area contributed by atoms with E-state index in [4.69, 9.17) is 17.3 Å². The molecule has 0 radical (unpaired) electrons. The first-order valence-corrected chi connectivity index (χ1v) is 9.78. The number of halogens is 6. The van der Waals surface area contributed by atoms with Crippen LogP contribution in [-0.4, -0.2) is 29.1 Å². The average Bonchev–Trinajstić information content (AvgIpc) is 2.63. The lowest BCUT2D eigenvalue weighted by molar-refractivity contribution is -0.208. The Balaban J connectivity index is 1.97. The third-order valence-corrected chi connectivity index (χ3v) is 5.36. The van der Waals surface area contributed by atoms with Crippen molar-refractivity contribution in [2.45, 2.75) is 37.6 Å². The summed E-state index contributed by atoms with van der Waals surface area (Å²) < 4.78 is 59.7. The fourth-order valence-electron chi connectivity index (χ4n) is 3.17. The van der Waals surface area contributed by atoms with Crippen LogP contribution >= 0.6 is 27.5 Å². The van der Waals surface area contributed by atoms with Gasteiger partial charge < -0.3 is 10.5 Å². The van der Waals surface area contributed by atoms with Crippen molar-refractivity contribution >= 4 is 39.3 Å². The molecule has 160 valence electrons. The van der Waals surface area contributed by atoms with Gasteiger partial charge in [-0.2, -0.15) is 13.2 Å². The molecule has 2 heterocycles. The summed E-state index contributed by atoms with van der Waals surface area (Å²) in [6, 6.07) is 4.96. The molecule has 1 aliphatic heterocycles. The highest BCUT2D eigenvalue weighted by molar-refractivity contribution is 9.10. The van der Waals surface area contributed by atoms with E-state index in [-0.39, 0.29) is 28.5 Å². The number of benzene rings is 1. The van der Waals surface area contributed by atoms with Crippen LogP contribution in [0.15, 0.2) is 39.9 Å². The Morgan fingerprint density at radius 2 is 2.10 bits per heavy atom. The molecule has 5 nitrogen and oxygen atoms in total. The second kappa shape index (κ2) is 8.14. The summed E-state index contributed by atoms with van der Waals surface area (Å²) >= 11 is 9.19. The van der Waals surface area contributed by atoms with Gasteiger partial charge in [0.2, 0.25) is 0 Å². The molecule has 2 aromatic rings. The maximum absolute atomic E-state index is 14.8. The van der Waals surface area contributed by atoms with Gasteiger partial charge in [-0.05, 0) is 52.7 Å². The molecular weight excluding hydrogens is 494 g/mol. The standard InChI is InChI=1S/C19H15BrClF4N3O2/c1-18(7-15(19(23,24)25)30-17(26)28-18)11-4-9(5-12(21)16(11)22)6-14(29)13-3-2-10(20)8-27-13/h2-5,8,15H,6-7H2,1H3,(H2,26,28)/t15-,18-/m0/s1. The summed E-state index contributed by atoms with van der Waals surface area (Å²) in [4.78, 5) is 20.4. The SMILES string of the molecule is C[C@@]1(c2cc(CC(=O)c3ccc(Br)cn3)cc(Cl)c2F)C[C@@H](C(F)(F)F)OC(N)=N1. The number of aromatic nitrogens is 1. The molecule has 1 aromatic carbocycles. The molecule has 0 saturated heterocycles. The highest BCUT2D eigenvalue weighted by Gasteiger charge is 2.50. The quantitative estimate of drug-likeness (QED) is 0.469. The number of carbonyl (C=O) groups excluding carboxylic acids is 1. The van der Waals surface area contributed by atoms with Crippen LogP contribution in [0.4, 0.5) is 17.6 Å². The predicted octanol–water partition coefficient (Wildman–Crippen LogP) is 4.94. The summed E-state index contributed by atoms with van der Waals surface area (Å²) in [5.74, 6) is -1.30. The molecule has 1 aromatic heterocycles. The van der Waals surface area contributed by atoms with Crippen LogP contribution in [-0.2, 0) is 16.7 Å². The van der Waals surface area contributed by atoms with Crippen molar-refractivity contribution in [2.24, 2.45) is 10.7 Å². The van der Waals surface area contributed by atoms with Gasteiger partial charge in [-0.15, -0.1) is 0 Å². The first-order valence-electron chi connectivity index (χ1n) is 8.61. The number of alkyl halides is 3. The van der Waals surface area contributed by atoms with Gasteiger partial charge in [-0.25, -0.2) is 9.38 Å². The molecule has 0 saturated carbocycles. The number of aliphatic imine (C=N–C) groups is 1. The Morgan fingerprint density at radius 3 is 2.70 bits per heavy atom. The monoisotopic (exact) mass is 507 g/mol. The van der Waals surface area contributed by atoms with E-state index in [0.717, 1.165) is 0 Å². The largest absolute Gasteiger partial charge is 0.452 e. The lowest BCUT2D eigenvalue weighted by Gasteiger charge is -2.36. The van der Waals surface area contributed by atoms with Gasteiger partial charge in [0.25, 0.3) is 6.02 Å². The first-order chi connectivity index (χ1) is 13.9. The molecule has 0 unspecified atom stereocenters. The lowest BCUT2D eigenvalue weighted by Crippen LogP contribution is -2.46. The molecule has 1 aliphatic rings. The molecule has 11 heteroatoms. The second-order valence-electron chi connectivity index (χ2n) is 6.98. The normalized spacial score (nSPS) is 21.7. The predicted molar refractivity (Wildman–Crippen MR) is 106 cm³/mol. The highest BCUT2D eigenvalue weighted by atomic mass is 79.9. The van der Waals surface area contributed by atoms with E-state index in [1.807, 2.05) is 0 Å². The number of ketones is 1. The van der Waals surface area contributed by atoms with Crippen LogP contribution in [0.25, 0.3) is 0 Å². The summed E-state index contributed by atoms with van der Waals surface area (Å²) in [5.41, 5.74) is 4.02. The number of hydrogen-bond donors (Lipinski definition) is 1. The van der Waals surface area contributed by atoms with Crippen LogP contribution in [0, 0.1) is 5.82 Å². The minimum Gasteiger partial charge on any atom is -0.452 e. The number of Topliss-reactive ketones (excluding diaryl/α,β-unsaturated/α-hetero) is 1. The second-order valence-corrected chi connectivity index (χ2v) is 8.30. The molecular formula is C19H15BrClF4N3O2. The smallest absolute Gasteiger partial charge is 0.425 e. The van der Waals surface area contributed by atoms with E-state index in [1.54, 1.807) is 6.07 Å². The van der Waals surface area contributed by atoms with Crippen molar-refractivity contribution in [3.8, 4) is 0 Å². The van der Waals surface area contributed by atoms with Gasteiger partial charge in [0, 0.05) is 29.1 Å². The van der Waals surface area contributed by atoms with E-state index in [9.17, 15) is 22.4 Å². The summed E-state index contributed by atoms with van der Waals surface area (Å²) in [5, 5.41) is -0.343. The molecule has 0 spiro atoms. The minimum atomic E-state index is -4.72. The Kier molecular flexibility index (Phi) is 6.10. The Morgan fingerprint density at radius 1 is 1.40 bits per heavy atom. The molecule has 2 atom stereocenters. The molecule has 0 amide bonds. The van der Waals surface area contributed by atoms with Crippen molar-refractivity contribution in [3.05, 3.63) is 62.6 Å². The number of pyridine rings is 1. The number of ether oxygens (including phenoxy) is 1. The third-order valence-electron chi connectivity index (χ3n) is 4.61. The fraction of sp³-hybridized carbons (Fsp3) is 0.316. The minimum absolute atomic E-state index is 0.178. The first kappa shape index (κ1) is 22.5. The number of amidine groups is 1. The summed E-state index contributed by atoms with van der Waals surface area (Å²) in [7, 11) is 0. The van der Waals surface area contributed by atoms with Crippen LogP contribution in [0.1, 0.15) is 35.0 Å². The Hall–Kier alpha value is -2.20. The van der Waals surface area contributed by atoms with E-state index >= 15 is 0 Å². The third kappa shape index (κ3) is 4.75.